The lowest BCUT2D eigenvalue weighted by Gasteiger charge is -2.16. The molecule has 0 aliphatic carbocycles. The van der Waals surface area contributed by atoms with Gasteiger partial charge in [-0.05, 0) is 42.5 Å². The first-order chi connectivity index (χ1) is 16.3. The molecule has 0 unspecified atom stereocenters. The molecule has 3 aromatic rings. The van der Waals surface area contributed by atoms with E-state index >= 15 is 0 Å². The van der Waals surface area contributed by atoms with Crippen molar-refractivity contribution in [2.75, 3.05) is 29.2 Å². The predicted molar refractivity (Wildman–Crippen MR) is 130 cm³/mol. The average Bonchev–Trinajstić information content (AvgIpc) is 3.45. The highest BCUT2D eigenvalue weighted by molar-refractivity contribution is 7.15. The number of aromatic nitrogens is 2. The Balaban J connectivity index is 1.40. The number of carbonyl (C=O) groups is 3. The van der Waals surface area contributed by atoms with Gasteiger partial charge in [0.15, 0.2) is 0 Å². The highest BCUT2D eigenvalue weighted by atomic mass is 32.1. The maximum absolute atomic E-state index is 12.7. The number of nitrogens with one attached hydrogen (secondary N) is 2. The third-order valence-corrected chi connectivity index (χ3v) is 6.44. The molecule has 3 amide bonds. The van der Waals surface area contributed by atoms with E-state index in [1.54, 1.807) is 50.1 Å². The summed E-state index contributed by atoms with van der Waals surface area (Å²) in [7, 11) is 1.60. The first kappa shape index (κ1) is 23.4. The van der Waals surface area contributed by atoms with Crippen LogP contribution >= 0.6 is 11.3 Å². The number of nitrogens with zero attached hydrogens (tertiary/aromatic N) is 3. The molecule has 0 radical (unpaired) electrons. The molecule has 1 aliphatic heterocycles. The number of carbonyl (C=O) groups excluding carboxylic acids is 3. The molecule has 1 aromatic heterocycles. The van der Waals surface area contributed by atoms with Gasteiger partial charge in [0.25, 0.3) is 5.91 Å². The van der Waals surface area contributed by atoms with Gasteiger partial charge in [-0.1, -0.05) is 31.3 Å². The lowest BCUT2D eigenvalue weighted by molar-refractivity contribution is -0.119. The Hall–Kier alpha value is -3.79. The molecule has 2 aromatic carbocycles. The van der Waals surface area contributed by atoms with Crippen molar-refractivity contribution in [3.63, 3.8) is 0 Å². The lowest BCUT2D eigenvalue weighted by Crippen LogP contribution is -2.24. The molecule has 1 fully saturated rings. The van der Waals surface area contributed by atoms with Crippen LogP contribution in [0.1, 0.15) is 41.6 Å². The highest BCUT2D eigenvalue weighted by Crippen LogP contribution is 2.34. The van der Waals surface area contributed by atoms with E-state index in [-0.39, 0.29) is 29.6 Å². The first-order valence-electron chi connectivity index (χ1n) is 10.8. The van der Waals surface area contributed by atoms with Gasteiger partial charge in [-0.15, -0.1) is 10.2 Å². The van der Waals surface area contributed by atoms with Crippen LogP contribution in [0.25, 0.3) is 0 Å². The standard InChI is InChI=1S/C24H25N5O4S/c1-14(2)21(31)25-17-6-4-5-15(11-17)22(32)26-24-28-27-23(34-24)16-12-20(30)29(13-16)18-7-9-19(33-3)10-8-18/h4-11,14,16H,12-13H2,1-3H3,(H,25,31)(H,26,28,32)/t16-/m1/s1. The summed E-state index contributed by atoms with van der Waals surface area (Å²) in [6.07, 6.45) is 0.326. The Kier molecular flexibility index (Phi) is 6.87. The van der Waals surface area contributed by atoms with Crippen LogP contribution < -0.4 is 20.3 Å². The fourth-order valence-corrected chi connectivity index (χ4v) is 4.36. The maximum atomic E-state index is 12.7. The van der Waals surface area contributed by atoms with Crippen LogP contribution in [0.5, 0.6) is 5.75 Å². The van der Waals surface area contributed by atoms with Crippen molar-refractivity contribution >= 4 is 45.6 Å². The molecule has 2 heterocycles. The second-order valence-electron chi connectivity index (χ2n) is 8.23. The Morgan fingerprint density at radius 2 is 1.88 bits per heavy atom. The zero-order valence-corrected chi connectivity index (χ0v) is 19.9. The van der Waals surface area contributed by atoms with Gasteiger partial charge in [-0.25, -0.2) is 0 Å². The second kappa shape index (κ2) is 10.0. The first-order valence-corrected chi connectivity index (χ1v) is 11.7. The minimum absolute atomic E-state index is 0.0104. The van der Waals surface area contributed by atoms with Gasteiger partial charge in [-0.3, -0.25) is 19.7 Å². The van der Waals surface area contributed by atoms with Crippen LogP contribution in [0.3, 0.4) is 0 Å². The number of rotatable bonds is 7. The summed E-state index contributed by atoms with van der Waals surface area (Å²) >= 11 is 1.25. The largest absolute Gasteiger partial charge is 0.497 e. The summed E-state index contributed by atoms with van der Waals surface area (Å²) in [4.78, 5) is 38.9. The summed E-state index contributed by atoms with van der Waals surface area (Å²) in [5.74, 6) is -0.0138. The van der Waals surface area contributed by atoms with Gasteiger partial charge >= 0.3 is 0 Å². The van der Waals surface area contributed by atoms with E-state index in [1.807, 2.05) is 24.3 Å². The Labute approximate surface area is 201 Å². The van der Waals surface area contributed by atoms with Gasteiger partial charge in [0.2, 0.25) is 16.9 Å². The van der Waals surface area contributed by atoms with Crippen molar-refractivity contribution in [3.05, 3.63) is 59.1 Å². The minimum Gasteiger partial charge on any atom is -0.497 e. The molecular formula is C24H25N5O4S. The number of ether oxygens (including phenoxy) is 1. The fraction of sp³-hybridized carbons (Fsp3) is 0.292. The summed E-state index contributed by atoms with van der Waals surface area (Å²) in [5, 5.41) is 14.9. The van der Waals surface area contributed by atoms with E-state index < -0.39 is 0 Å². The quantitative estimate of drug-likeness (QED) is 0.531. The second-order valence-corrected chi connectivity index (χ2v) is 9.24. The molecule has 1 atom stereocenters. The van der Waals surface area contributed by atoms with Crippen LogP contribution in [0.2, 0.25) is 0 Å². The summed E-state index contributed by atoms with van der Waals surface area (Å²) in [6.45, 7) is 4.09. The SMILES string of the molecule is COc1ccc(N2C[C@H](c3nnc(NC(=O)c4cccc(NC(=O)C(C)C)c4)s3)CC2=O)cc1. The number of anilines is 3. The smallest absolute Gasteiger partial charge is 0.257 e. The van der Waals surface area contributed by atoms with E-state index in [1.165, 1.54) is 11.3 Å². The van der Waals surface area contributed by atoms with Crippen molar-refractivity contribution in [3.8, 4) is 5.75 Å². The molecule has 0 spiro atoms. The molecule has 0 bridgehead atoms. The Morgan fingerprint density at radius 3 is 2.59 bits per heavy atom. The van der Waals surface area contributed by atoms with Crippen LogP contribution in [0.4, 0.5) is 16.5 Å². The van der Waals surface area contributed by atoms with Crippen LogP contribution in [0.15, 0.2) is 48.5 Å². The Morgan fingerprint density at radius 1 is 1.12 bits per heavy atom. The number of amides is 3. The monoisotopic (exact) mass is 479 g/mol. The summed E-state index contributed by atoms with van der Waals surface area (Å²) in [6, 6.07) is 14.0. The number of benzene rings is 2. The zero-order chi connectivity index (χ0) is 24.2. The topological polar surface area (TPSA) is 114 Å². The van der Waals surface area contributed by atoms with Gasteiger partial charge < -0.3 is 15.0 Å². The predicted octanol–water partition coefficient (Wildman–Crippen LogP) is 3.91. The van der Waals surface area contributed by atoms with Crippen LogP contribution in [-0.4, -0.2) is 41.6 Å². The molecule has 0 saturated carbocycles. The van der Waals surface area contributed by atoms with Crippen molar-refractivity contribution in [1.29, 1.82) is 0 Å². The van der Waals surface area contributed by atoms with Crippen molar-refractivity contribution in [2.24, 2.45) is 5.92 Å². The molecule has 1 saturated heterocycles. The third kappa shape index (κ3) is 5.23. The van der Waals surface area contributed by atoms with E-state index in [2.05, 4.69) is 20.8 Å². The van der Waals surface area contributed by atoms with Crippen LogP contribution in [-0.2, 0) is 9.59 Å². The molecule has 34 heavy (non-hydrogen) atoms. The number of methoxy groups -OCH3 is 1. The van der Waals surface area contributed by atoms with Gasteiger partial charge in [0.05, 0.1) is 7.11 Å². The van der Waals surface area contributed by atoms with Gasteiger partial charge in [0, 0.05) is 41.7 Å². The highest BCUT2D eigenvalue weighted by Gasteiger charge is 2.34. The lowest BCUT2D eigenvalue weighted by atomic mass is 10.1. The fourth-order valence-electron chi connectivity index (χ4n) is 3.53. The van der Waals surface area contributed by atoms with E-state index in [0.29, 0.717) is 34.4 Å². The summed E-state index contributed by atoms with van der Waals surface area (Å²) in [5.41, 5.74) is 1.74. The molecule has 9 nitrogen and oxygen atoms in total. The van der Waals surface area contributed by atoms with Crippen molar-refractivity contribution < 1.29 is 19.1 Å². The summed E-state index contributed by atoms with van der Waals surface area (Å²) < 4.78 is 5.18. The normalized spacial score (nSPS) is 15.5. The average molecular weight is 480 g/mol. The van der Waals surface area contributed by atoms with Gasteiger partial charge in [0.1, 0.15) is 10.8 Å². The molecule has 4 rings (SSSR count). The van der Waals surface area contributed by atoms with E-state index in [4.69, 9.17) is 4.74 Å². The molecule has 176 valence electrons. The van der Waals surface area contributed by atoms with Gasteiger partial charge in [-0.2, -0.15) is 0 Å². The van der Waals surface area contributed by atoms with Crippen molar-refractivity contribution in [1.82, 2.24) is 10.2 Å². The number of hydrogen-bond donors (Lipinski definition) is 2. The Bertz CT molecular complexity index is 1210. The zero-order valence-electron chi connectivity index (χ0n) is 19.1. The van der Waals surface area contributed by atoms with E-state index in [0.717, 1.165) is 11.4 Å². The third-order valence-electron chi connectivity index (χ3n) is 5.44. The van der Waals surface area contributed by atoms with Crippen molar-refractivity contribution in [2.45, 2.75) is 26.2 Å². The van der Waals surface area contributed by atoms with Crippen LogP contribution in [0, 0.1) is 5.92 Å². The maximum Gasteiger partial charge on any atom is 0.257 e. The molecule has 1 aliphatic rings. The molecular weight excluding hydrogens is 454 g/mol. The molecule has 10 heteroatoms. The minimum atomic E-state index is -0.356. The van der Waals surface area contributed by atoms with E-state index in [9.17, 15) is 14.4 Å². The molecule has 2 N–H and O–H groups in total. The number of hydrogen-bond acceptors (Lipinski definition) is 7.